The lowest BCUT2D eigenvalue weighted by molar-refractivity contribution is 0.174. The van der Waals surface area contributed by atoms with E-state index in [0.29, 0.717) is 11.8 Å². The predicted octanol–water partition coefficient (Wildman–Crippen LogP) is 4.33. The minimum atomic E-state index is 0.114. The van der Waals surface area contributed by atoms with Crippen molar-refractivity contribution >= 4 is 28.6 Å². The number of thiophene rings is 1. The molecule has 0 N–H and O–H groups in total. The number of aromatic nitrogens is 2. The van der Waals surface area contributed by atoms with E-state index >= 15 is 0 Å². The van der Waals surface area contributed by atoms with Gasteiger partial charge in [0.2, 0.25) is 5.89 Å². The molecule has 0 spiro atoms. The van der Waals surface area contributed by atoms with E-state index in [2.05, 4.69) is 33.0 Å². The summed E-state index contributed by atoms with van der Waals surface area (Å²) in [5.74, 6) is 1.29. The molecule has 3 heterocycles. The molecular formula is C18H19ClN4OS. The molecule has 1 aliphatic rings. The smallest absolute Gasteiger partial charge is 0.257 e. The molecule has 0 aliphatic carbocycles. The number of halogens is 1. The topological polar surface area (TPSA) is 45.4 Å². The molecule has 3 aromatic rings. The van der Waals surface area contributed by atoms with Crippen LogP contribution in [0, 0.1) is 0 Å². The number of benzene rings is 1. The van der Waals surface area contributed by atoms with Crippen LogP contribution in [0.4, 0.5) is 5.69 Å². The Kier molecular flexibility index (Phi) is 4.74. The molecule has 1 saturated heterocycles. The highest BCUT2D eigenvalue weighted by molar-refractivity contribution is 7.13. The maximum Gasteiger partial charge on any atom is 0.257 e. The number of nitrogens with zero attached hydrogens (tertiary/aromatic N) is 4. The summed E-state index contributed by atoms with van der Waals surface area (Å²) in [6.45, 7) is 5.93. The van der Waals surface area contributed by atoms with Crippen LogP contribution in [0.15, 0.2) is 46.2 Å². The van der Waals surface area contributed by atoms with Gasteiger partial charge in [-0.3, -0.25) is 4.90 Å². The summed E-state index contributed by atoms with van der Waals surface area (Å²) in [7, 11) is 0. The van der Waals surface area contributed by atoms with E-state index in [1.54, 1.807) is 11.3 Å². The van der Waals surface area contributed by atoms with Gasteiger partial charge in [0.05, 0.1) is 10.9 Å². The minimum absolute atomic E-state index is 0.114. The second-order valence-corrected chi connectivity index (χ2v) is 7.49. The third kappa shape index (κ3) is 3.56. The second-order valence-electron chi connectivity index (χ2n) is 6.10. The molecule has 7 heteroatoms. The summed E-state index contributed by atoms with van der Waals surface area (Å²) >= 11 is 7.71. The molecule has 130 valence electrons. The van der Waals surface area contributed by atoms with Crippen molar-refractivity contribution in [2.75, 3.05) is 31.1 Å². The van der Waals surface area contributed by atoms with E-state index in [1.807, 2.05) is 35.7 Å². The number of piperazine rings is 1. The average molecular weight is 375 g/mol. The van der Waals surface area contributed by atoms with Gasteiger partial charge in [-0.1, -0.05) is 23.7 Å². The van der Waals surface area contributed by atoms with Gasteiger partial charge >= 0.3 is 0 Å². The van der Waals surface area contributed by atoms with E-state index in [1.165, 1.54) is 5.69 Å². The zero-order chi connectivity index (χ0) is 17.2. The molecular weight excluding hydrogens is 356 g/mol. The molecule has 2 aromatic heterocycles. The molecule has 25 heavy (non-hydrogen) atoms. The second kappa shape index (κ2) is 7.15. The minimum Gasteiger partial charge on any atom is -0.418 e. The van der Waals surface area contributed by atoms with Crippen molar-refractivity contribution in [2.45, 2.75) is 13.0 Å². The zero-order valence-electron chi connectivity index (χ0n) is 13.9. The number of hydrogen-bond donors (Lipinski definition) is 0. The zero-order valence-corrected chi connectivity index (χ0v) is 15.5. The van der Waals surface area contributed by atoms with E-state index in [-0.39, 0.29) is 6.04 Å². The van der Waals surface area contributed by atoms with E-state index in [0.717, 1.165) is 36.1 Å². The maximum absolute atomic E-state index is 6.10. The van der Waals surface area contributed by atoms with Gasteiger partial charge in [-0.15, -0.1) is 21.5 Å². The van der Waals surface area contributed by atoms with E-state index in [9.17, 15) is 0 Å². The standard InChI is InChI=1S/C18H19ClN4OS/c1-13(17-20-21-18(24-17)16-6-3-11-25-16)22-7-9-23(10-8-22)15-5-2-4-14(19)12-15/h2-6,11-13H,7-10H2,1H3. The molecule has 0 radical (unpaired) electrons. The molecule has 1 unspecified atom stereocenters. The van der Waals surface area contributed by atoms with Crippen LogP contribution in [-0.4, -0.2) is 41.3 Å². The van der Waals surface area contributed by atoms with Crippen LogP contribution in [0.25, 0.3) is 10.8 Å². The lowest BCUT2D eigenvalue weighted by Crippen LogP contribution is -2.47. The van der Waals surface area contributed by atoms with Gasteiger partial charge in [0.25, 0.3) is 5.89 Å². The Morgan fingerprint density at radius 3 is 2.68 bits per heavy atom. The Morgan fingerprint density at radius 1 is 1.12 bits per heavy atom. The monoisotopic (exact) mass is 374 g/mol. The van der Waals surface area contributed by atoms with Crippen molar-refractivity contribution in [1.29, 1.82) is 0 Å². The fourth-order valence-electron chi connectivity index (χ4n) is 3.10. The average Bonchev–Trinajstić information content (AvgIpc) is 3.32. The summed E-state index contributed by atoms with van der Waals surface area (Å²) in [6.07, 6.45) is 0. The first-order valence-corrected chi connectivity index (χ1v) is 9.58. The van der Waals surface area contributed by atoms with Crippen molar-refractivity contribution in [3.63, 3.8) is 0 Å². The molecule has 0 bridgehead atoms. The number of hydrogen-bond acceptors (Lipinski definition) is 6. The normalized spacial score (nSPS) is 17.0. The Labute approximate surface area is 155 Å². The lowest BCUT2D eigenvalue weighted by atomic mass is 10.2. The molecule has 0 saturated carbocycles. The fourth-order valence-corrected chi connectivity index (χ4v) is 3.93. The maximum atomic E-state index is 6.10. The van der Waals surface area contributed by atoms with Crippen LogP contribution in [-0.2, 0) is 0 Å². The summed E-state index contributed by atoms with van der Waals surface area (Å²) in [5.41, 5.74) is 1.18. The van der Waals surface area contributed by atoms with Crippen molar-refractivity contribution in [2.24, 2.45) is 0 Å². The fraction of sp³-hybridized carbons (Fsp3) is 0.333. The summed E-state index contributed by atoms with van der Waals surface area (Å²) < 4.78 is 5.89. The first-order chi connectivity index (χ1) is 12.2. The number of anilines is 1. The van der Waals surface area contributed by atoms with Gasteiger partial charge in [0.1, 0.15) is 0 Å². The Hall–Kier alpha value is -1.89. The molecule has 4 rings (SSSR count). The first-order valence-electron chi connectivity index (χ1n) is 8.32. The molecule has 1 aliphatic heterocycles. The van der Waals surface area contributed by atoms with Gasteiger partial charge in [0, 0.05) is 36.9 Å². The predicted molar refractivity (Wildman–Crippen MR) is 101 cm³/mol. The van der Waals surface area contributed by atoms with Crippen LogP contribution < -0.4 is 4.90 Å². The van der Waals surface area contributed by atoms with Gasteiger partial charge in [-0.2, -0.15) is 0 Å². The third-order valence-electron chi connectivity index (χ3n) is 4.57. The van der Waals surface area contributed by atoms with E-state index in [4.69, 9.17) is 16.0 Å². The Balaban J connectivity index is 1.40. The SMILES string of the molecule is CC(c1nnc(-c2cccs2)o1)N1CCN(c2cccc(Cl)c2)CC1. The Bertz CT molecular complexity index is 827. The van der Waals surface area contributed by atoms with Crippen LogP contribution in [0.5, 0.6) is 0 Å². The summed E-state index contributed by atoms with van der Waals surface area (Å²) in [6, 6.07) is 12.1. The molecule has 1 fully saturated rings. The summed E-state index contributed by atoms with van der Waals surface area (Å²) in [5, 5.41) is 11.2. The quantitative estimate of drug-likeness (QED) is 0.680. The highest BCUT2D eigenvalue weighted by Crippen LogP contribution is 2.28. The van der Waals surface area contributed by atoms with Crippen molar-refractivity contribution in [1.82, 2.24) is 15.1 Å². The van der Waals surface area contributed by atoms with Gasteiger partial charge in [0.15, 0.2) is 0 Å². The molecule has 1 aromatic carbocycles. The lowest BCUT2D eigenvalue weighted by Gasteiger charge is -2.38. The van der Waals surface area contributed by atoms with Gasteiger partial charge in [-0.25, -0.2) is 0 Å². The molecule has 1 atom stereocenters. The van der Waals surface area contributed by atoms with Crippen LogP contribution in [0.1, 0.15) is 18.9 Å². The van der Waals surface area contributed by atoms with Crippen molar-refractivity contribution < 1.29 is 4.42 Å². The van der Waals surface area contributed by atoms with Crippen molar-refractivity contribution in [3.8, 4) is 10.8 Å². The number of rotatable bonds is 4. The van der Waals surface area contributed by atoms with Crippen molar-refractivity contribution in [3.05, 3.63) is 52.7 Å². The third-order valence-corrected chi connectivity index (χ3v) is 5.66. The first kappa shape index (κ1) is 16.6. The van der Waals surface area contributed by atoms with Gasteiger partial charge in [-0.05, 0) is 36.6 Å². The van der Waals surface area contributed by atoms with Crippen LogP contribution in [0.2, 0.25) is 5.02 Å². The molecule has 5 nitrogen and oxygen atoms in total. The highest BCUT2D eigenvalue weighted by Gasteiger charge is 2.26. The van der Waals surface area contributed by atoms with Crippen LogP contribution >= 0.6 is 22.9 Å². The van der Waals surface area contributed by atoms with E-state index < -0.39 is 0 Å². The summed E-state index contributed by atoms with van der Waals surface area (Å²) in [4.78, 5) is 5.75. The Morgan fingerprint density at radius 2 is 1.96 bits per heavy atom. The van der Waals surface area contributed by atoms with Crippen LogP contribution in [0.3, 0.4) is 0 Å². The van der Waals surface area contributed by atoms with Gasteiger partial charge < -0.3 is 9.32 Å². The molecule has 0 amide bonds. The highest BCUT2D eigenvalue weighted by atomic mass is 35.5. The largest absolute Gasteiger partial charge is 0.418 e.